The summed E-state index contributed by atoms with van der Waals surface area (Å²) < 4.78 is 0. The van der Waals surface area contributed by atoms with E-state index in [1.54, 1.807) is 0 Å². The average molecular weight is 322 g/mol. The molecule has 0 aliphatic heterocycles. The molecule has 4 aromatic rings. The van der Waals surface area contributed by atoms with Gasteiger partial charge in [-0.1, -0.05) is 60.7 Å². The molecule has 2 nitrogen and oxygen atoms in total. The quantitative estimate of drug-likeness (QED) is 0.477. The first-order valence-corrected chi connectivity index (χ1v) is 8.35. The zero-order valence-corrected chi connectivity index (χ0v) is 14.1. The summed E-state index contributed by atoms with van der Waals surface area (Å²) in [6, 6.07) is 29.3. The Hall–Kier alpha value is -3.26. The molecule has 4 rings (SSSR count). The molecular weight excluding hydrogens is 304 g/mol. The van der Waals surface area contributed by atoms with E-state index < -0.39 is 0 Å². The van der Waals surface area contributed by atoms with Gasteiger partial charge in [0.1, 0.15) is 0 Å². The van der Waals surface area contributed by atoms with E-state index in [0.29, 0.717) is 0 Å². The fourth-order valence-electron chi connectivity index (χ4n) is 2.94. The molecule has 0 aliphatic rings. The third-order valence-electron chi connectivity index (χ3n) is 4.20. The Balaban J connectivity index is 1.92. The number of hydrogen-bond acceptors (Lipinski definition) is 2. The summed E-state index contributed by atoms with van der Waals surface area (Å²) in [7, 11) is 0. The van der Waals surface area contributed by atoms with Gasteiger partial charge in [0.2, 0.25) is 0 Å². The van der Waals surface area contributed by atoms with Crippen LogP contribution in [0, 0.1) is 6.92 Å². The minimum absolute atomic E-state index is 0.759. The minimum Gasteiger partial charge on any atom is -0.237 e. The van der Waals surface area contributed by atoms with Crippen molar-refractivity contribution in [3.8, 4) is 33.6 Å². The van der Waals surface area contributed by atoms with E-state index in [4.69, 9.17) is 0 Å². The summed E-state index contributed by atoms with van der Waals surface area (Å²) in [5.74, 6) is 0.759. The van der Waals surface area contributed by atoms with Crippen LogP contribution in [0.3, 0.4) is 0 Å². The van der Waals surface area contributed by atoms with Crippen LogP contribution in [0.5, 0.6) is 0 Å². The van der Waals surface area contributed by atoms with Gasteiger partial charge in [0.15, 0.2) is 5.82 Å². The zero-order chi connectivity index (χ0) is 17.1. The average Bonchev–Trinajstić information content (AvgIpc) is 2.69. The molecule has 1 heterocycles. The van der Waals surface area contributed by atoms with Gasteiger partial charge < -0.3 is 0 Å². The molecule has 0 atom stereocenters. The van der Waals surface area contributed by atoms with Gasteiger partial charge in [-0.05, 0) is 53.4 Å². The van der Waals surface area contributed by atoms with Crippen LogP contribution in [0.25, 0.3) is 33.6 Å². The molecule has 0 fully saturated rings. The Morgan fingerprint density at radius 3 is 1.60 bits per heavy atom. The highest BCUT2D eigenvalue weighted by molar-refractivity contribution is 5.79. The molecule has 0 saturated heterocycles. The Bertz CT molecular complexity index is 935. The summed E-state index contributed by atoms with van der Waals surface area (Å²) in [5.41, 5.74) is 6.72. The molecule has 0 amide bonds. The fraction of sp³-hybridized carbons (Fsp3) is 0.0435. The topological polar surface area (TPSA) is 25.8 Å². The van der Waals surface area contributed by atoms with Crippen LogP contribution in [0.2, 0.25) is 0 Å². The van der Waals surface area contributed by atoms with Crippen molar-refractivity contribution < 1.29 is 0 Å². The lowest BCUT2D eigenvalue weighted by Gasteiger charge is -2.10. The van der Waals surface area contributed by atoms with Gasteiger partial charge in [-0.2, -0.15) is 0 Å². The molecule has 0 saturated carbocycles. The molecule has 0 N–H and O–H groups in total. The smallest absolute Gasteiger partial charge is 0.159 e. The van der Waals surface area contributed by atoms with Crippen molar-refractivity contribution >= 4 is 0 Å². The molecule has 0 aliphatic carbocycles. The lowest BCUT2D eigenvalue weighted by molar-refractivity contribution is 1.11. The van der Waals surface area contributed by atoms with Crippen molar-refractivity contribution in [1.29, 1.82) is 0 Å². The third-order valence-corrected chi connectivity index (χ3v) is 4.20. The standard InChI is InChI=1S/C23H18N2/c1-17-12-13-24-23(25-17)22-15-20(18-8-4-2-5-9-18)14-21(16-22)19-10-6-3-7-11-19/h2-16H,1H3. The van der Waals surface area contributed by atoms with Crippen LogP contribution in [0.15, 0.2) is 91.1 Å². The van der Waals surface area contributed by atoms with E-state index in [2.05, 4.69) is 76.7 Å². The maximum atomic E-state index is 4.60. The van der Waals surface area contributed by atoms with Crippen LogP contribution in [-0.2, 0) is 0 Å². The lowest BCUT2D eigenvalue weighted by atomic mass is 9.96. The maximum Gasteiger partial charge on any atom is 0.159 e. The highest BCUT2D eigenvalue weighted by Gasteiger charge is 2.09. The molecule has 120 valence electrons. The van der Waals surface area contributed by atoms with Gasteiger partial charge in [0.25, 0.3) is 0 Å². The number of hydrogen-bond donors (Lipinski definition) is 0. The fourth-order valence-corrected chi connectivity index (χ4v) is 2.94. The molecule has 0 bridgehead atoms. The van der Waals surface area contributed by atoms with Crippen molar-refractivity contribution in [2.45, 2.75) is 6.92 Å². The molecule has 0 radical (unpaired) electrons. The number of benzene rings is 3. The van der Waals surface area contributed by atoms with Gasteiger partial charge in [-0.15, -0.1) is 0 Å². The van der Waals surface area contributed by atoms with Crippen LogP contribution in [-0.4, -0.2) is 9.97 Å². The molecule has 25 heavy (non-hydrogen) atoms. The van der Waals surface area contributed by atoms with Gasteiger partial charge >= 0.3 is 0 Å². The van der Waals surface area contributed by atoms with Crippen LogP contribution >= 0.6 is 0 Å². The van der Waals surface area contributed by atoms with Gasteiger partial charge in [-0.25, -0.2) is 9.97 Å². The number of aromatic nitrogens is 2. The highest BCUT2D eigenvalue weighted by Crippen LogP contribution is 2.31. The first-order valence-electron chi connectivity index (χ1n) is 8.35. The highest BCUT2D eigenvalue weighted by atomic mass is 14.9. The van der Waals surface area contributed by atoms with E-state index in [1.807, 2.05) is 31.3 Å². The normalized spacial score (nSPS) is 10.6. The van der Waals surface area contributed by atoms with Gasteiger partial charge in [0.05, 0.1) is 0 Å². The molecular formula is C23H18N2. The Morgan fingerprint density at radius 1 is 0.560 bits per heavy atom. The lowest BCUT2D eigenvalue weighted by Crippen LogP contribution is -1.92. The molecule has 0 unspecified atom stereocenters. The van der Waals surface area contributed by atoms with Crippen LogP contribution in [0.4, 0.5) is 0 Å². The van der Waals surface area contributed by atoms with Crippen molar-refractivity contribution in [2.24, 2.45) is 0 Å². The third kappa shape index (κ3) is 3.33. The summed E-state index contributed by atoms with van der Waals surface area (Å²) >= 11 is 0. The predicted octanol–water partition coefficient (Wildman–Crippen LogP) is 5.79. The Labute approximate surface area is 147 Å². The van der Waals surface area contributed by atoms with Gasteiger partial charge in [0, 0.05) is 17.5 Å². The number of nitrogens with zero attached hydrogens (tertiary/aromatic N) is 2. The van der Waals surface area contributed by atoms with E-state index in [9.17, 15) is 0 Å². The zero-order valence-electron chi connectivity index (χ0n) is 14.1. The van der Waals surface area contributed by atoms with Crippen molar-refractivity contribution in [3.05, 3.63) is 96.8 Å². The largest absolute Gasteiger partial charge is 0.237 e. The Kier molecular flexibility index (Phi) is 4.09. The van der Waals surface area contributed by atoms with Crippen LogP contribution < -0.4 is 0 Å². The first kappa shape index (κ1) is 15.3. The molecule has 1 aromatic heterocycles. The second kappa shape index (κ2) is 6.70. The monoisotopic (exact) mass is 322 g/mol. The summed E-state index contributed by atoms with van der Waals surface area (Å²) in [6.45, 7) is 1.99. The molecule has 3 aromatic carbocycles. The summed E-state index contributed by atoms with van der Waals surface area (Å²) in [6.07, 6.45) is 1.81. The predicted molar refractivity (Wildman–Crippen MR) is 103 cm³/mol. The van der Waals surface area contributed by atoms with Crippen LogP contribution in [0.1, 0.15) is 5.69 Å². The van der Waals surface area contributed by atoms with E-state index in [-0.39, 0.29) is 0 Å². The van der Waals surface area contributed by atoms with Crippen molar-refractivity contribution in [1.82, 2.24) is 9.97 Å². The molecule has 2 heteroatoms. The maximum absolute atomic E-state index is 4.60. The summed E-state index contributed by atoms with van der Waals surface area (Å²) in [5, 5.41) is 0. The minimum atomic E-state index is 0.759. The second-order valence-electron chi connectivity index (χ2n) is 6.05. The van der Waals surface area contributed by atoms with Crippen molar-refractivity contribution in [2.75, 3.05) is 0 Å². The SMILES string of the molecule is Cc1ccnc(-c2cc(-c3ccccc3)cc(-c3ccccc3)c2)n1. The summed E-state index contributed by atoms with van der Waals surface area (Å²) in [4.78, 5) is 9.07. The molecule has 0 spiro atoms. The van der Waals surface area contributed by atoms with E-state index in [1.165, 1.54) is 22.3 Å². The first-order chi connectivity index (χ1) is 12.3. The van der Waals surface area contributed by atoms with Crippen molar-refractivity contribution in [3.63, 3.8) is 0 Å². The number of rotatable bonds is 3. The van der Waals surface area contributed by atoms with E-state index >= 15 is 0 Å². The number of aryl methyl sites for hydroxylation is 1. The van der Waals surface area contributed by atoms with E-state index in [0.717, 1.165) is 17.1 Å². The van der Waals surface area contributed by atoms with Gasteiger partial charge in [-0.3, -0.25) is 0 Å². The Morgan fingerprint density at radius 2 is 1.08 bits per heavy atom. The second-order valence-corrected chi connectivity index (χ2v) is 6.05.